The minimum Gasteiger partial charge on any atom is -0.322 e. The van der Waals surface area contributed by atoms with Gasteiger partial charge in [-0.1, -0.05) is 24.3 Å². The molecule has 0 aliphatic carbocycles. The predicted molar refractivity (Wildman–Crippen MR) is 99.0 cm³/mol. The van der Waals surface area contributed by atoms with E-state index in [-0.39, 0.29) is 11.7 Å². The summed E-state index contributed by atoms with van der Waals surface area (Å²) in [6.07, 6.45) is 3.59. The zero-order chi connectivity index (χ0) is 18.6. The van der Waals surface area contributed by atoms with E-state index in [1.807, 2.05) is 24.4 Å². The highest BCUT2D eigenvalue weighted by molar-refractivity contribution is 7.88. The minimum atomic E-state index is -3.57. The molecule has 134 valence electrons. The van der Waals surface area contributed by atoms with Crippen LogP contribution in [0.2, 0.25) is 0 Å². The van der Waals surface area contributed by atoms with Gasteiger partial charge in [0.15, 0.2) is 0 Å². The molecule has 0 radical (unpaired) electrons. The second kappa shape index (κ2) is 7.51. The zero-order valence-electron chi connectivity index (χ0n) is 13.9. The fourth-order valence-corrected chi connectivity index (χ4v) is 3.12. The Morgan fingerprint density at radius 3 is 2.27 bits per heavy atom. The third kappa shape index (κ3) is 5.01. The number of primary sulfonamides is 1. The smallest absolute Gasteiger partial charge is 0.255 e. The van der Waals surface area contributed by atoms with Crippen molar-refractivity contribution in [2.45, 2.75) is 12.3 Å². The lowest BCUT2D eigenvalue weighted by Crippen LogP contribution is -2.15. The van der Waals surface area contributed by atoms with Gasteiger partial charge >= 0.3 is 0 Å². The van der Waals surface area contributed by atoms with Crippen LogP contribution < -0.4 is 10.5 Å². The average Bonchev–Trinajstić information content (AvgIpc) is 3.09. The first-order chi connectivity index (χ1) is 12.4. The Bertz CT molecular complexity index is 980. The fourth-order valence-electron chi connectivity index (χ4n) is 2.46. The van der Waals surface area contributed by atoms with E-state index in [0.717, 1.165) is 5.56 Å². The first-order valence-corrected chi connectivity index (χ1v) is 9.58. The topological polar surface area (TPSA) is 107 Å². The lowest BCUT2D eigenvalue weighted by atomic mass is 10.1. The summed E-state index contributed by atoms with van der Waals surface area (Å²) in [6, 6.07) is 15.6. The average molecular weight is 370 g/mol. The van der Waals surface area contributed by atoms with Gasteiger partial charge in [0.25, 0.3) is 5.91 Å². The molecule has 0 aliphatic heterocycles. The van der Waals surface area contributed by atoms with Gasteiger partial charge < -0.3 is 5.32 Å². The number of aromatic nitrogens is 2. The number of hydrogen-bond donors (Lipinski definition) is 2. The highest BCUT2D eigenvalue weighted by atomic mass is 32.2. The molecule has 0 unspecified atom stereocenters. The Balaban J connectivity index is 1.62. The second-order valence-corrected chi connectivity index (χ2v) is 7.47. The van der Waals surface area contributed by atoms with Crippen LogP contribution >= 0.6 is 0 Å². The van der Waals surface area contributed by atoms with Gasteiger partial charge in [0.1, 0.15) is 0 Å². The van der Waals surface area contributed by atoms with E-state index in [1.165, 1.54) is 0 Å². The van der Waals surface area contributed by atoms with Crippen LogP contribution in [0.25, 0.3) is 0 Å². The molecule has 0 saturated carbocycles. The molecule has 1 amide bonds. The van der Waals surface area contributed by atoms with Crippen molar-refractivity contribution >= 4 is 21.6 Å². The molecule has 3 rings (SSSR count). The molecular weight excluding hydrogens is 352 g/mol. The van der Waals surface area contributed by atoms with Gasteiger partial charge in [0, 0.05) is 23.6 Å². The van der Waals surface area contributed by atoms with Crippen molar-refractivity contribution in [3.05, 3.63) is 83.7 Å². The second-order valence-electron chi connectivity index (χ2n) is 5.86. The van der Waals surface area contributed by atoms with Crippen molar-refractivity contribution in [2.24, 2.45) is 5.14 Å². The van der Waals surface area contributed by atoms with Crippen molar-refractivity contribution in [1.82, 2.24) is 9.78 Å². The number of carbonyl (C=O) groups excluding carboxylic acids is 1. The van der Waals surface area contributed by atoms with Crippen molar-refractivity contribution in [3.63, 3.8) is 0 Å². The molecule has 26 heavy (non-hydrogen) atoms. The monoisotopic (exact) mass is 370 g/mol. The summed E-state index contributed by atoms with van der Waals surface area (Å²) in [5.74, 6) is -0.478. The number of carbonyl (C=O) groups is 1. The summed E-state index contributed by atoms with van der Waals surface area (Å²) >= 11 is 0. The number of hydrogen-bond acceptors (Lipinski definition) is 4. The number of anilines is 1. The molecule has 0 saturated heterocycles. The van der Waals surface area contributed by atoms with Crippen LogP contribution in [0.1, 0.15) is 21.5 Å². The maximum Gasteiger partial charge on any atom is 0.255 e. The quantitative estimate of drug-likeness (QED) is 0.692. The summed E-state index contributed by atoms with van der Waals surface area (Å²) in [5, 5.41) is 11.9. The van der Waals surface area contributed by atoms with Crippen molar-refractivity contribution in [2.75, 3.05) is 5.32 Å². The maximum atomic E-state index is 12.3. The van der Waals surface area contributed by atoms with E-state index >= 15 is 0 Å². The van der Waals surface area contributed by atoms with Crippen LogP contribution in [0.3, 0.4) is 0 Å². The first kappa shape index (κ1) is 17.8. The predicted octanol–water partition coefficient (Wildman–Crippen LogP) is 1.97. The molecule has 3 N–H and O–H groups in total. The van der Waals surface area contributed by atoms with Crippen molar-refractivity contribution in [3.8, 4) is 0 Å². The van der Waals surface area contributed by atoms with Crippen LogP contribution in [-0.4, -0.2) is 24.1 Å². The van der Waals surface area contributed by atoms with Gasteiger partial charge in [-0.2, -0.15) is 5.10 Å². The van der Waals surface area contributed by atoms with Crippen LogP contribution in [-0.2, 0) is 22.3 Å². The highest BCUT2D eigenvalue weighted by Crippen LogP contribution is 2.13. The number of nitrogens with two attached hydrogens (primary N) is 1. The van der Waals surface area contributed by atoms with Crippen LogP contribution in [0.4, 0.5) is 5.69 Å². The van der Waals surface area contributed by atoms with E-state index in [2.05, 4.69) is 10.4 Å². The Labute approximate surface area is 151 Å². The van der Waals surface area contributed by atoms with Crippen LogP contribution in [0.5, 0.6) is 0 Å². The minimum absolute atomic E-state index is 0.237. The summed E-state index contributed by atoms with van der Waals surface area (Å²) in [5.41, 5.74) is 2.71. The fraction of sp³-hybridized carbons (Fsp3) is 0.111. The molecule has 0 fully saturated rings. The normalized spacial score (nSPS) is 11.3. The molecule has 1 aromatic heterocycles. The third-order valence-corrected chi connectivity index (χ3v) is 4.44. The Morgan fingerprint density at radius 2 is 1.69 bits per heavy atom. The van der Waals surface area contributed by atoms with Gasteiger partial charge in [-0.05, 0) is 41.5 Å². The Morgan fingerprint density at radius 1 is 1.04 bits per heavy atom. The number of amides is 1. The largest absolute Gasteiger partial charge is 0.322 e. The molecule has 2 aromatic carbocycles. The summed E-state index contributed by atoms with van der Waals surface area (Å²) in [6.45, 7) is 0.639. The first-order valence-electron chi connectivity index (χ1n) is 7.86. The standard InChI is InChI=1S/C18H18N4O3S/c19-26(24,25)13-15-4-8-17(9-5-15)21-18(23)16-6-2-14(3-7-16)12-22-11-1-10-20-22/h1-11H,12-13H2,(H,21,23)(H2,19,24,25). The van der Waals surface area contributed by atoms with Gasteiger partial charge in [-0.15, -0.1) is 0 Å². The molecule has 3 aromatic rings. The number of nitrogens with zero attached hydrogens (tertiary/aromatic N) is 2. The van der Waals surface area contributed by atoms with E-state index in [0.29, 0.717) is 23.4 Å². The van der Waals surface area contributed by atoms with Gasteiger partial charge in [0.2, 0.25) is 10.0 Å². The summed E-state index contributed by atoms with van der Waals surface area (Å²) < 4.78 is 24.0. The lowest BCUT2D eigenvalue weighted by molar-refractivity contribution is 0.102. The van der Waals surface area contributed by atoms with E-state index in [1.54, 1.807) is 47.3 Å². The van der Waals surface area contributed by atoms with Crippen molar-refractivity contribution in [1.29, 1.82) is 0 Å². The third-order valence-electron chi connectivity index (χ3n) is 3.70. The summed E-state index contributed by atoms with van der Waals surface area (Å²) in [4.78, 5) is 12.3. The van der Waals surface area contributed by atoms with E-state index in [9.17, 15) is 13.2 Å². The lowest BCUT2D eigenvalue weighted by Gasteiger charge is -2.07. The SMILES string of the molecule is NS(=O)(=O)Cc1ccc(NC(=O)c2ccc(Cn3cccn3)cc2)cc1. The summed E-state index contributed by atoms with van der Waals surface area (Å²) in [7, 11) is -3.57. The van der Waals surface area contributed by atoms with Gasteiger partial charge in [-0.25, -0.2) is 13.6 Å². The van der Waals surface area contributed by atoms with Crippen LogP contribution in [0, 0.1) is 0 Å². The molecule has 0 bridgehead atoms. The molecule has 0 atom stereocenters. The molecule has 0 spiro atoms. The van der Waals surface area contributed by atoms with Gasteiger partial charge in [-0.3, -0.25) is 9.48 Å². The zero-order valence-corrected chi connectivity index (χ0v) is 14.7. The number of sulfonamides is 1. The number of nitrogens with one attached hydrogen (secondary N) is 1. The Kier molecular flexibility index (Phi) is 5.15. The van der Waals surface area contributed by atoms with Gasteiger partial charge in [0.05, 0.1) is 12.3 Å². The maximum absolute atomic E-state index is 12.3. The molecule has 7 nitrogen and oxygen atoms in total. The van der Waals surface area contributed by atoms with Crippen molar-refractivity contribution < 1.29 is 13.2 Å². The number of benzene rings is 2. The molecule has 0 aliphatic rings. The van der Waals surface area contributed by atoms with E-state index < -0.39 is 10.0 Å². The molecular formula is C18H18N4O3S. The number of rotatable bonds is 6. The molecule has 1 heterocycles. The Hall–Kier alpha value is -2.97. The van der Waals surface area contributed by atoms with E-state index in [4.69, 9.17) is 5.14 Å². The molecule has 8 heteroatoms. The van der Waals surface area contributed by atoms with Crippen LogP contribution in [0.15, 0.2) is 67.0 Å². The highest BCUT2D eigenvalue weighted by Gasteiger charge is 2.08.